The second kappa shape index (κ2) is 4.84. The Morgan fingerprint density at radius 2 is 1.62 bits per heavy atom. The van der Waals surface area contributed by atoms with E-state index in [4.69, 9.17) is 4.42 Å². The van der Waals surface area contributed by atoms with Gasteiger partial charge < -0.3 is 4.42 Å². The number of hydrogen-bond acceptors (Lipinski definition) is 2. The van der Waals surface area contributed by atoms with Gasteiger partial charge in [-0.15, -0.1) is 0 Å². The van der Waals surface area contributed by atoms with Gasteiger partial charge in [0.2, 0.25) is 5.43 Å². The number of benzene rings is 3. The van der Waals surface area contributed by atoms with Crippen molar-refractivity contribution in [1.82, 2.24) is 0 Å². The molecule has 0 atom stereocenters. The molecule has 3 aromatic carbocycles. The van der Waals surface area contributed by atoms with Crippen molar-refractivity contribution in [2.24, 2.45) is 0 Å². The van der Waals surface area contributed by atoms with Crippen LogP contribution in [0, 0.1) is 6.92 Å². The summed E-state index contributed by atoms with van der Waals surface area (Å²) in [6.07, 6.45) is -4.48. The average molecular weight is 328 g/mol. The van der Waals surface area contributed by atoms with Gasteiger partial charge in [-0.05, 0) is 42.0 Å². The Hall–Kier alpha value is -2.82. The molecule has 0 aliphatic carbocycles. The summed E-state index contributed by atoms with van der Waals surface area (Å²) in [4.78, 5) is 12.8. The Kier molecular flexibility index (Phi) is 2.97. The molecule has 0 aliphatic rings. The van der Waals surface area contributed by atoms with Crippen molar-refractivity contribution in [3.63, 3.8) is 0 Å². The first kappa shape index (κ1) is 14.8. The molecule has 0 spiro atoms. The van der Waals surface area contributed by atoms with E-state index in [1.54, 1.807) is 12.1 Å². The molecule has 4 aromatic rings. The van der Waals surface area contributed by atoms with E-state index in [-0.39, 0.29) is 22.0 Å². The number of hydrogen-bond donors (Lipinski definition) is 0. The molecule has 1 aromatic heterocycles. The smallest absolute Gasteiger partial charge is 0.416 e. The Balaban J connectivity index is 2.17. The van der Waals surface area contributed by atoms with Crippen LogP contribution in [0.2, 0.25) is 0 Å². The second-order valence-corrected chi connectivity index (χ2v) is 5.80. The van der Waals surface area contributed by atoms with Crippen LogP contribution >= 0.6 is 0 Å². The van der Waals surface area contributed by atoms with Gasteiger partial charge in [-0.25, -0.2) is 0 Å². The van der Waals surface area contributed by atoms with Crippen molar-refractivity contribution in [2.75, 3.05) is 0 Å². The van der Waals surface area contributed by atoms with Crippen molar-refractivity contribution in [3.8, 4) is 0 Å². The molecule has 0 saturated heterocycles. The lowest BCUT2D eigenvalue weighted by molar-refractivity contribution is -0.137. The molecular formula is C19H11F3O2. The molecule has 24 heavy (non-hydrogen) atoms. The Bertz CT molecular complexity index is 1170. The van der Waals surface area contributed by atoms with Crippen LogP contribution in [0.3, 0.4) is 0 Å². The van der Waals surface area contributed by atoms with E-state index in [9.17, 15) is 18.0 Å². The molecule has 0 fully saturated rings. The van der Waals surface area contributed by atoms with Crippen LogP contribution in [0.15, 0.2) is 57.7 Å². The van der Waals surface area contributed by atoms with Crippen LogP contribution in [-0.2, 0) is 6.18 Å². The minimum atomic E-state index is -4.48. The van der Waals surface area contributed by atoms with Gasteiger partial charge >= 0.3 is 6.18 Å². The highest BCUT2D eigenvalue weighted by atomic mass is 19.4. The quantitative estimate of drug-likeness (QED) is 0.318. The van der Waals surface area contributed by atoms with Gasteiger partial charge in [0.05, 0.1) is 16.3 Å². The van der Waals surface area contributed by atoms with E-state index < -0.39 is 11.7 Å². The molecule has 0 bridgehead atoms. The summed E-state index contributed by atoms with van der Waals surface area (Å²) < 4.78 is 44.2. The fraction of sp³-hybridized carbons (Fsp3) is 0.105. The van der Waals surface area contributed by atoms with E-state index in [0.717, 1.165) is 28.5 Å². The van der Waals surface area contributed by atoms with Crippen LogP contribution < -0.4 is 5.43 Å². The fourth-order valence-electron chi connectivity index (χ4n) is 2.96. The summed E-state index contributed by atoms with van der Waals surface area (Å²) in [5.41, 5.74) is 0.0477. The summed E-state index contributed by atoms with van der Waals surface area (Å²) in [7, 11) is 0. The summed E-state index contributed by atoms with van der Waals surface area (Å²) in [6.45, 7) is 1.91. The summed E-state index contributed by atoms with van der Waals surface area (Å²) >= 11 is 0. The number of halogens is 3. The fourth-order valence-corrected chi connectivity index (χ4v) is 2.96. The molecule has 0 N–H and O–H groups in total. The SMILES string of the molecule is Cc1ccc2ccc3oc4cc(C(F)(F)F)ccc4c(=O)c3c2c1. The van der Waals surface area contributed by atoms with Crippen LogP contribution in [0.25, 0.3) is 32.7 Å². The number of aryl methyl sites for hydroxylation is 1. The van der Waals surface area contributed by atoms with Crippen LogP contribution in [0.4, 0.5) is 13.2 Å². The maximum atomic E-state index is 12.9. The molecule has 0 unspecified atom stereocenters. The zero-order chi connectivity index (χ0) is 17.1. The Morgan fingerprint density at radius 3 is 2.38 bits per heavy atom. The standard InChI is InChI=1S/C19H11F3O2/c1-10-2-3-11-4-7-15-17(14(11)8-10)18(23)13-6-5-12(19(20,21)22)9-16(13)24-15/h2-9H,1H3. The molecule has 2 nitrogen and oxygen atoms in total. The van der Waals surface area contributed by atoms with E-state index >= 15 is 0 Å². The van der Waals surface area contributed by atoms with Crippen molar-refractivity contribution >= 4 is 32.7 Å². The van der Waals surface area contributed by atoms with Gasteiger partial charge in [0.15, 0.2) is 0 Å². The monoisotopic (exact) mass is 328 g/mol. The van der Waals surface area contributed by atoms with Crippen molar-refractivity contribution in [3.05, 3.63) is 69.9 Å². The molecule has 1 heterocycles. The highest BCUT2D eigenvalue weighted by Crippen LogP contribution is 2.32. The summed E-state index contributed by atoms with van der Waals surface area (Å²) in [5.74, 6) is 0. The van der Waals surface area contributed by atoms with E-state index in [2.05, 4.69) is 0 Å². The zero-order valence-electron chi connectivity index (χ0n) is 12.6. The lowest BCUT2D eigenvalue weighted by atomic mass is 10.0. The van der Waals surface area contributed by atoms with Gasteiger partial charge in [-0.2, -0.15) is 13.2 Å². The van der Waals surface area contributed by atoms with Crippen molar-refractivity contribution in [1.29, 1.82) is 0 Å². The van der Waals surface area contributed by atoms with Crippen LogP contribution in [0.5, 0.6) is 0 Å². The lowest BCUT2D eigenvalue weighted by Gasteiger charge is -2.09. The third-order valence-corrected chi connectivity index (χ3v) is 4.14. The molecule has 0 saturated carbocycles. The predicted octanol–water partition coefficient (Wildman–Crippen LogP) is 5.43. The van der Waals surface area contributed by atoms with Gasteiger partial charge in [0.1, 0.15) is 11.2 Å². The minimum Gasteiger partial charge on any atom is -0.456 e. The predicted molar refractivity (Wildman–Crippen MR) is 87.2 cm³/mol. The van der Waals surface area contributed by atoms with Crippen molar-refractivity contribution < 1.29 is 17.6 Å². The van der Waals surface area contributed by atoms with Crippen LogP contribution in [0.1, 0.15) is 11.1 Å². The van der Waals surface area contributed by atoms with Crippen LogP contribution in [-0.4, -0.2) is 0 Å². The van der Waals surface area contributed by atoms with Crippen molar-refractivity contribution in [2.45, 2.75) is 13.1 Å². The summed E-state index contributed by atoms with van der Waals surface area (Å²) in [6, 6.07) is 12.1. The molecule has 5 heteroatoms. The number of fused-ring (bicyclic) bond motifs is 4. The van der Waals surface area contributed by atoms with E-state index in [0.29, 0.717) is 5.39 Å². The Morgan fingerprint density at radius 1 is 0.875 bits per heavy atom. The number of alkyl halides is 3. The molecule has 0 radical (unpaired) electrons. The second-order valence-electron chi connectivity index (χ2n) is 5.80. The Labute approximate surface area is 134 Å². The average Bonchev–Trinajstić information content (AvgIpc) is 2.53. The molecular weight excluding hydrogens is 317 g/mol. The molecule has 4 rings (SSSR count). The first-order valence-corrected chi connectivity index (χ1v) is 7.32. The maximum Gasteiger partial charge on any atom is 0.416 e. The van der Waals surface area contributed by atoms with Gasteiger partial charge in [-0.3, -0.25) is 4.79 Å². The van der Waals surface area contributed by atoms with Gasteiger partial charge in [0, 0.05) is 0 Å². The first-order valence-electron chi connectivity index (χ1n) is 7.32. The normalized spacial score (nSPS) is 12.3. The molecule has 120 valence electrons. The van der Waals surface area contributed by atoms with E-state index in [1.165, 1.54) is 6.07 Å². The van der Waals surface area contributed by atoms with E-state index in [1.807, 2.05) is 25.1 Å². The third-order valence-electron chi connectivity index (χ3n) is 4.14. The highest BCUT2D eigenvalue weighted by Gasteiger charge is 2.31. The maximum absolute atomic E-state index is 12.9. The minimum absolute atomic E-state index is 0.0608. The third kappa shape index (κ3) is 2.16. The number of rotatable bonds is 0. The van der Waals surface area contributed by atoms with Gasteiger partial charge in [0.25, 0.3) is 0 Å². The first-order chi connectivity index (χ1) is 11.3. The summed E-state index contributed by atoms with van der Waals surface area (Å²) in [5, 5.41) is 2.16. The zero-order valence-corrected chi connectivity index (χ0v) is 12.6. The highest BCUT2D eigenvalue weighted by molar-refractivity contribution is 6.08. The molecule has 0 amide bonds. The largest absolute Gasteiger partial charge is 0.456 e. The van der Waals surface area contributed by atoms with Gasteiger partial charge in [-0.1, -0.05) is 29.8 Å². The lowest BCUT2D eigenvalue weighted by Crippen LogP contribution is -2.07. The molecule has 0 aliphatic heterocycles. The topological polar surface area (TPSA) is 30.2 Å².